The summed E-state index contributed by atoms with van der Waals surface area (Å²) in [4.78, 5) is 14.7. The molecular formula is C10H12N2O2. The Bertz CT molecular complexity index is 322. The third kappa shape index (κ3) is 1.97. The van der Waals surface area contributed by atoms with Crippen LogP contribution in [0.3, 0.4) is 0 Å². The van der Waals surface area contributed by atoms with Crippen LogP contribution >= 0.6 is 0 Å². The number of aldehydes is 1. The predicted octanol–water partition coefficient (Wildman–Crippen LogP) is 0.555. The maximum Gasteiger partial charge on any atom is 0.168 e. The molecule has 2 heterocycles. The second-order valence-electron chi connectivity index (χ2n) is 3.19. The molecule has 0 unspecified atom stereocenters. The van der Waals surface area contributed by atoms with E-state index in [0.717, 1.165) is 25.1 Å². The van der Waals surface area contributed by atoms with Gasteiger partial charge in [-0.1, -0.05) is 6.07 Å². The molecule has 1 fully saturated rings. The van der Waals surface area contributed by atoms with Crippen LogP contribution < -0.4 is 5.32 Å². The van der Waals surface area contributed by atoms with Crippen LogP contribution in [0.1, 0.15) is 22.2 Å². The summed E-state index contributed by atoms with van der Waals surface area (Å²) in [6.45, 7) is 2.19. The van der Waals surface area contributed by atoms with Crippen LogP contribution in [-0.2, 0) is 4.74 Å². The smallest absolute Gasteiger partial charge is 0.168 e. The van der Waals surface area contributed by atoms with E-state index in [-0.39, 0.29) is 6.04 Å². The van der Waals surface area contributed by atoms with E-state index in [2.05, 4.69) is 10.3 Å². The summed E-state index contributed by atoms with van der Waals surface area (Å²) in [5, 5.41) is 3.28. The third-order valence-electron chi connectivity index (χ3n) is 2.19. The number of nitrogens with zero attached hydrogens (tertiary/aromatic N) is 1. The Morgan fingerprint density at radius 1 is 1.57 bits per heavy atom. The number of ether oxygens (including phenoxy) is 1. The highest BCUT2D eigenvalue weighted by atomic mass is 16.5. The first-order valence-corrected chi connectivity index (χ1v) is 4.63. The lowest BCUT2D eigenvalue weighted by Crippen LogP contribution is -2.35. The van der Waals surface area contributed by atoms with E-state index in [9.17, 15) is 4.79 Å². The number of morpholine rings is 1. The Labute approximate surface area is 82.3 Å². The van der Waals surface area contributed by atoms with Crippen molar-refractivity contribution in [2.45, 2.75) is 6.04 Å². The fourth-order valence-electron chi connectivity index (χ4n) is 1.48. The minimum absolute atomic E-state index is 0.114. The zero-order chi connectivity index (χ0) is 9.80. The molecular weight excluding hydrogens is 180 g/mol. The van der Waals surface area contributed by atoms with Gasteiger partial charge in [-0.3, -0.25) is 4.79 Å². The van der Waals surface area contributed by atoms with Crippen molar-refractivity contribution in [2.75, 3.05) is 19.8 Å². The number of nitrogens with one attached hydrogen (secondary N) is 1. The lowest BCUT2D eigenvalue weighted by atomic mass is 10.1. The average molecular weight is 192 g/mol. The molecule has 14 heavy (non-hydrogen) atoms. The molecule has 1 aliphatic heterocycles. The van der Waals surface area contributed by atoms with Gasteiger partial charge in [-0.15, -0.1) is 0 Å². The third-order valence-corrected chi connectivity index (χ3v) is 2.19. The summed E-state index contributed by atoms with van der Waals surface area (Å²) in [7, 11) is 0. The molecule has 0 radical (unpaired) electrons. The summed E-state index contributed by atoms with van der Waals surface area (Å²) in [6.07, 6.45) is 0.757. The fourth-order valence-corrected chi connectivity index (χ4v) is 1.48. The number of rotatable bonds is 2. The minimum atomic E-state index is 0.114. The highest BCUT2D eigenvalue weighted by molar-refractivity contribution is 5.71. The quantitative estimate of drug-likeness (QED) is 0.695. The van der Waals surface area contributed by atoms with E-state index >= 15 is 0 Å². The van der Waals surface area contributed by atoms with Crippen molar-refractivity contribution in [2.24, 2.45) is 0 Å². The number of carbonyl (C=O) groups excluding carboxylic acids is 1. The second kappa shape index (κ2) is 4.30. The molecule has 0 amide bonds. The van der Waals surface area contributed by atoms with Crippen LogP contribution in [0.15, 0.2) is 18.2 Å². The van der Waals surface area contributed by atoms with Gasteiger partial charge in [0.15, 0.2) is 6.29 Å². The first-order chi connectivity index (χ1) is 6.90. The van der Waals surface area contributed by atoms with Crippen LogP contribution in [0.5, 0.6) is 0 Å². The lowest BCUT2D eigenvalue weighted by Gasteiger charge is -2.23. The van der Waals surface area contributed by atoms with Gasteiger partial charge < -0.3 is 10.1 Å². The first-order valence-electron chi connectivity index (χ1n) is 4.63. The Balaban J connectivity index is 2.17. The molecule has 1 saturated heterocycles. The number of hydrogen-bond donors (Lipinski definition) is 1. The molecule has 4 heteroatoms. The van der Waals surface area contributed by atoms with Gasteiger partial charge in [0.25, 0.3) is 0 Å². The van der Waals surface area contributed by atoms with Gasteiger partial charge in [0, 0.05) is 6.54 Å². The molecule has 0 aliphatic carbocycles. The van der Waals surface area contributed by atoms with Crippen molar-refractivity contribution in [1.29, 1.82) is 0 Å². The summed E-state index contributed by atoms with van der Waals surface area (Å²) in [6, 6.07) is 5.55. The van der Waals surface area contributed by atoms with E-state index < -0.39 is 0 Å². The summed E-state index contributed by atoms with van der Waals surface area (Å²) < 4.78 is 5.32. The number of carbonyl (C=O) groups is 1. The van der Waals surface area contributed by atoms with E-state index in [0.29, 0.717) is 12.3 Å². The second-order valence-corrected chi connectivity index (χ2v) is 3.19. The van der Waals surface area contributed by atoms with Crippen LogP contribution in [0.4, 0.5) is 0 Å². The zero-order valence-corrected chi connectivity index (χ0v) is 7.77. The largest absolute Gasteiger partial charge is 0.378 e. The molecule has 1 atom stereocenters. The highest BCUT2D eigenvalue weighted by Gasteiger charge is 2.16. The van der Waals surface area contributed by atoms with Crippen molar-refractivity contribution >= 4 is 6.29 Å². The Hall–Kier alpha value is -1.26. The van der Waals surface area contributed by atoms with Crippen LogP contribution in [0, 0.1) is 0 Å². The van der Waals surface area contributed by atoms with Gasteiger partial charge in [-0.25, -0.2) is 4.98 Å². The van der Waals surface area contributed by atoms with Gasteiger partial charge in [-0.2, -0.15) is 0 Å². The van der Waals surface area contributed by atoms with Crippen LogP contribution in [-0.4, -0.2) is 31.0 Å². The predicted molar refractivity (Wildman–Crippen MR) is 51.2 cm³/mol. The molecule has 0 spiro atoms. The molecule has 4 nitrogen and oxygen atoms in total. The number of hydrogen-bond acceptors (Lipinski definition) is 4. The van der Waals surface area contributed by atoms with Crippen molar-refractivity contribution in [3.8, 4) is 0 Å². The molecule has 0 aromatic carbocycles. The zero-order valence-electron chi connectivity index (χ0n) is 7.77. The van der Waals surface area contributed by atoms with Crippen molar-refractivity contribution in [3.05, 3.63) is 29.6 Å². The number of pyridine rings is 1. The molecule has 1 aliphatic rings. The van der Waals surface area contributed by atoms with Gasteiger partial charge >= 0.3 is 0 Å². The van der Waals surface area contributed by atoms with Crippen LogP contribution in [0.2, 0.25) is 0 Å². The van der Waals surface area contributed by atoms with E-state index in [1.165, 1.54) is 0 Å². The molecule has 74 valence electrons. The van der Waals surface area contributed by atoms with Crippen molar-refractivity contribution < 1.29 is 9.53 Å². The molecule has 1 N–H and O–H groups in total. The normalized spacial score (nSPS) is 21.9. The molecule has 2 rings (SSSR count). The fraction of sp³-hybridized carbons (Fsp3) is 0.400. The highest BCUT2D eigenvalue weighted by Crippen LogP contribution is 2.12. The van der Waals surface area contributed by atoms with Crippen molar-refractivity contribution in [3.63, 3.8) is 0 Å². The molecule has 0 bridgehead atoms. The summed E-state index contributed by atoms with van der Waals surface area (Å²) in [5.41, 5.74) is 1.34. The molecule has 0 saturated carbocycles. The SMILES string of the molecule is O=Cc1cccc([C@H]2COCCN2)n1. The lowest BCUT2D eigenvalue weighted by molar-refractivity contribution is 0.0755. The standard InChI is InChI=1S/C10H12N2O2/c13-6-8-2-1-3-9(12-8)10-7-14-5-4-11-10/h1-3,6,10-11H,4-5,7H2/t10-/m1/s1. The first kappa shape index (κ1) is 9.30. The van der Waals surface area contributed by atoms with E-state index in [1.54, 1.807) is 6.07 Å². The number of aromatic nitrogens is 1. The van der Waals surface area contributed by atoms with Gasteiger partial charge in [0.05, 0.1) is 24.9 Å². The molecule has 1 aromatic heterocycles. The minimum Gasteiger partial charge on any atom is -0.378 e. The summed E-state index contributed by atoms with van der Waals surface area (Å²) in [5.74, 6) is 0. The van der Waals surface area contributed by atoms with Gasteiger partial charge in [0.1, 0.15) is 5.69 Å². The van der Waals surface area contributed by atoms with Gasteiger partial charge in [0.2, 0.25) is 0 Å². The Kier molecular flexibility index (Phi) is 2.86. The van der Waals surface area contributed by atoms with Crippen LogP contribution in [0.25, 0.3) is 0 Å². The Morgan fingerprint density at radius 2 is 2.50 bits per heavy atom. The van der Waals surface area contributed by atoms with Gasteiger partial charge in [-0.05, 0) is 12.1 Å². The van der Waals surface area contributed by atoms with E-state index in [4.69, 9.17) is 4.74 Å². The monoisotopic (exact) mass is 192 g/mol. The maximum atomic E-state index is 10.5. The summed E-state index contributed by atoms with van der Waals surface area (Å²) >= 11 is 0. The maximum absolute atomic E-state index is 10.5. The van der Waals surface area contributed by atoms with Crippen molar-refractivity contribution in [1.82, 2.24) is 10.3 Å². The average Bonchev–Trinajstić information content (AvgIpc) is 2.30. The molecule has 1 aromatic rings. The Morgan fingerprint density at radius 3 is 3.21 bits per heavy atom. The van der Waals surface area contributed by atoms with E-state index in [1.807, 2.05) is 12.1 Å². The topological polar surface area (TPSA) is 51.2 Å².